The summed E-state index contributed by atoms with van der Waals surface area (Å²) in [4.78, 5) is 22.5. The second-order valence-electron chi connectivity index (χ2n) is 3.58. The number of ether oxygens (including phenoxy) is 1. The van der Waals surface area contributed by atoms with Crippen molar-refractivity contribution in [1.82, 2.24) is 0 Å². The molecule has 0 aromatic heterocycles. The van der Waals surface area contributed by atoms with Crippen LogP contribution in [0.2, 0.25) is 0 Å². The average Bonchev–Trinajstić information content (AvgIpc) is 2.17. The van der Waals surface area contributed by atoms with Crippen molar-refractivity contribution in [2.75, 3.05) is 6.61 Å². The molecule has 0 bridgehead atoms. The summed E-state index contributed by atoms with van der Waals surface area (Å²) < 4.78 is 40.8. The molecular formula is C10H15F3O4. The van der Waals surface area contributed by atoms with Gasteiger partial charge in [0.1, 0.15) is 0 Å². The third-order valence-electron chi connectivity index (χ3n) is 2.51. The number of hydrogen-bond donors (Lipinski definition) is 1. The van der Waals surface area contributed by atoms with Crippen molar-refractivity contribution in [1.29, 1.82) is 0 Å². The standard InChI is InChI=1S/C10H15F3O4/c1-3-9(7(14)15,8(16)17-4-2)5-6-10(11,12)13/h3-6H2,1-2H3,(H,14,15). The van der Waals surface area contributed by atoms with Gasteiger partial charge in [-0.2, -0.15) is 13.2 Å². The number of aliphatic carboxylic acids is 1. The van der Waals surface area contributed by atoms with Gasteiger partial charge in [-0.3, -0.25) is 9.59 Å². The summed E-state index contributed by atoms with van der Waals surface area (Å²) in [5.74, 6) is -2.69. The second kappa shape index (κ2) is 5.88. The van der Waals surface area contributed by atoms with E-state index in [2.05, 4.69) is 4.74 Å². The lowest BCUT2D eigenvalue weighted by molar-refractivity contribution is -0.175. The number of carboxylic acids is 1. The molecule has 0 heterocycles. The zero-order chi connectivity index (χ0) is 13.7. The highest BCUT2D eigenvalue weighted by atomic mass is 19.4. The Morgan fingerprint density at radius 3 is 2.00 bits per heavy atom. The van der Waals surface area contributed by atoms with Crippen LogP contribution in [0, 0.1) is 5.41 Å². The summed E-state index contributed by atoms with van der Waals surface area (Å²) in [5.41, 5.74) is -2.11. The van der Waals surface area contributed by atoms with Crippen molar-refractivity contribution in [3.63, 3.8) is 0 Å². The SMILES string of the molecule is CCOC(=O)C(CC)(CCC(F)(F)F)C(=O)O. The number of hydrogen-bond acceptors (Lipinski definition) is 3. The third kappa shape index (κ3) is 4.24. The predicted molar refractivity (Wildman–Crippen MR) is 52.3 cm³/mol. The fraction of sp³-hybridized carbons (Fsp3) is 0.800. The summed E-state index contributed by atoms with van der Waals surface area (Å²) >= 11 is 0. The van der Waals surface area contributed by atoms with E-state index in [0.717, 1.165) is 0 Å². The lowest BCUT2D eigenvalue weighted by Crippen LogP contribution is -2.41. The Balaban J connectivity index is 4.96. The van der Waals surface area contributed by atoms with Gasteiger partial charge < -0.3 is 9.84 Å². The average molecular weight is 256 g/mol. The fourth-order valence-electron chi connectivity index (χ4n) is 1.39. The van der Waals surface area contributed by atoms with Crippen LogP contribution in [-0.4, -0.2) is 29.8 Å². The molecule has 0 radical (unpaired) electrons. The van der Waals surface area contributed by atoms with Gasteiger partial charge in [-0.1, -0.05) is 6.92 Å². The van der Waals surface area contributed by atoms with Crippen LogP contribution in [0.4, 0.5) is 13.2 Å². The van der Waals surface area contributed by atoms with E-state index in [4.69, 9.17) is 5.11 Å². The lowest BCUT2D eigenvalue weighted by atomic mass is 9.80. The largest absolute Gasteiger partial charge is 0.480 e. The fourth-order valence-corrected chi connectivity index (χ4v) is 1.39. The molecule has 17 heavy (non-hydrogen) atoms. The molecule has 0 aliphatic carbocycles. The zero-order valence-corrected chi connectivity index (χ0v) is 9.63. The molecular weight excluding hydrogens is 241 g/mol. The molecule has 7 heteroatoms. The molecule has 0 aromatic carbocycles. The maximum Gasteiger partial charge on any atom is 0.389 e. The smallest absolute Gasteiger partial charge is 0.389 e. The van der Waals surface area contributed by atoms with Gasteiger partial charge in [-0.15, -0.1) is 0 Å². The Morgan fingerprint density at radius 2 is 1.71 bits per heavy atom. The predicted octanol–water partition coefficient (Wildman–Crippen LogP) is 2.37. The van der Waals surface area contributed by atoms with E-state index in [0.29, 0.717) is 0 Å². The van der Waals surface area contributed by atoms with Crippen molar-refractivity contribution in [3.8, 4) is 0 Å². The van der Waals surface area contributed by atoms with E-state index in [1.165, 1.54) is 13.8 Å². The van der Waals surface area contributed by atoms with E-state index in [1.807, 2.05) is 0 Å². The Hall–Kier alpha value is -1.27. The van der Waals surface area contributed by atoms with Crippen LogP contribution < -0.4 is 0 Å². The van der Waals surface area contributed by atoms with Crippen molar-refractivity contribution >= 4 is 11.9 Å². The van der Waals surface area contributed by atoms with Crippen LogP contribution in [0.25, 0.3) is 0 Å². The molecule has 0 saturated carbocycles. The maximum atomic E-state index is 12.1. The summed E-state index contributed by atoms with van der Waals surface area (Å²) in [6, 6.07) is 0. The Morgan fingerprint density at radius 1 is 1.18 bits per heavy atom. The minimum absolute atomic E-state index is 0.0696. The number of carbonyl (C=O) groups is 2. The zero-order valence-electron chi connectivity index (χ0n) is 9.63. The van der Waals surface area contributed by atoms with E-state index < -0.39 is 36.4 Å². The molecule has 1 atom stereocenters. The molecule has 4 nitrogen and oxygen atoms in total. The number of rotatable bonds is 6. The van der Waals surface area contributed by atoms with E-state index >= 15 is 0 Å². The molecule has 0 saturated heterocycles. The molecule has 100 valence electrons. The molecule has 0 spiro atoms. The number of carboxylic acid groups (broad SMARTS) is 1. The van der Waals surface area contributed by atoms with Gasteiger partial charge in [-0.25, -0.2) is 0 Å². The molecule has 0 fully saturated rings. The van der Waals surface area contributed by atoms with Crippen LogP contribution in [0.1, 0.15) is 33.1 Å². The van der Waals surface area contributed by atoms with Gasteiger partial charge in [0.05, 0.1) is 6.61 Å². The molecule has 0 aromatic rings. The topological polar surface area (TPSA) is 63.6 Å². The minimum atomic E-state index is -4.50. The van der Waals surface area contributed by atoms with Crippen LogP contribution >= 0.6 is 0 Å². The number of carbonyl (C=O) groups excluding carboxylic acids is 1. The van der Waals surface area contributed by atoms with Crippen LogP contribution in [0.3, 0.4) is 0 Å². The maximum absolute atomic E-state index is 12.1. The molecule has 0 rings (SSSR count). The van der Waals surface area contributed by atoms with Gasteiger partial charge >= 0.3 is 18.1 Å². The van der Waals surface area contributed by atoms with Gasteiger partial charge in [0.15, 0.2) is 5.41 Å². The number of esters is 1. The van der Waals surface area contributed by atoms with E-state index in [1.54, 1.807) is 0 Å². The van der Waals surface area contributed by atoms with Gasteiger partial charge in [-0.05, 0) is 19.8 Å². The highest BCUT2D eigenvalue weighted by molar-refractivity contribution is 5.99. The van der Waals surface area contributed by atoms with Gasteiger partial charge in [0, 0.05) is 6.42 Å². The second-order valence-corrected chi connectivity index (χ2v) is 3.58. The highest BCUT2D eigenvalue weighted by Crippen LogP contribution is 2.35. The molecule has 1 unspecified atom stereocenters. The van der Waals surface area contributed by atoms with E-state index in [-0.39, 0.29) is 13.0 Å². The summed E-state index contributed by atoms with van der Waals surface area (Å²) in [6.07, 6.45) is -6.87. The normalized spacial score (nSPS) is 15.1. The highest BCUT2D eigenvalue weighted by Gasteiger charge is 2.48. The molecule has 0 amide bonds. The van der Waals surface area contributed by atoms with Crippen LogP contribution in [-0.2, 0) is 14.3 Å². The summed E-state index contributed by atoms with van der Waals surface area (Å²) in [6.45, 7) is 2.74. The number of alkyl halides is 3. The first-order chi connectivity index (χ1) is 7.69. The minimum Gasteiger partial charge on any atom is -0.480 e. The first-order valence-electron chi connectivity index (χ1n) is 5.17. The monoisotopic (exact) mass is 256 g/mol. The Labute approximate surface area is 96.8 Å². The molecule has 0 aliphatic rings. The summed E-state index contributed by atoms with van der Waals surface area (Å²) in [7, 11) is 0. The first-order valence-corrected chi connectivity index (χ1v) is 5.17. The number of halogens is 3. The molecule has 0 aliphatic heterocycles. The van der Waals surface area contributed by atoms with E-state index in [9.17, 15) is 22.8 Å². The lowest BCUT2D eigenvalue weighted by Gasteiger charge is -2.26. The van der Waals surface area contributed by atoms with Crippen LogP contribution in [0.5, 0.6) is 0 Å². The quantitative estimate of drug-likeness (QED) is 0.585. The first kappa shape index (κ1) is 15.7. The summed E-state index contributed by atoms with van der Waals surface area (Å²) in [5, 5.41) is 8.95. The van der Waals surface area contributed by atoms with Crippen molar-refractivity contribution in [3.05, 3.63) is 0 Å². The van der Waals surface area contributed by atoms with Gasteiger partial charge in [0.2, 0.25) is 0 Å². The Bertz CT molecular complexity index is 288. The van der Waals surface area contributed by atoms with Gasteiger partial charge in [0.25, 0.3) is 0 Å². The van der Waals surface area contributed by atoms with Crippen LogP contribution in [0.15, 0.2) is 0 Å². The van der Waals surface area contributed by atoms with Crippen molar-refractivity contribution in [2.45, 2.75) is 39.3 Å². The Kier molecular flexibility index (Phi) is 5.44. The van der Waals surface area contributed by atoms with Crippen molar-refractivity contribution < 1.29 is 32.6 Å². The molecule has 1 N–H and O–H groups in total. The third-order valence-corrected chi connectivity index (χ3v) is 2.51. The van der Waals surface area contributed by atoms with Crippen molar-refractivity contribution in [2.24, 2.45) is 5.41 Å².